The minimum atomic E-state index is -1.16. The highest BCUT2D eigenvalue weighted by atomic mass is 16.4. The van der Waals surface area contributed by atoms with Crippen LogP contribution in [-0.2, 0) is 11.2 Å². The molecular weight excluding hydrogens is 414 g/mol. The van der Waals surface area contributed by atoms with Crippen molar-refractivity contribution in [3.05, 3.63) is 71.5 Å². The molecule has 0 spiro atoms. The molecule has 1 aliphatic heterocycles. The van der Waals surface area contributed by atoms with Gasteiger partial charge in [0.15, 0.2) is 0 Å². The molecule has 0 bridgehead atoms. The van der Waals surface area contributed by atoms with E-state index in [0.717, 1.165) is 16.2 Å². The summed E-state index contributed by atoms with van der Waals surface area (Å²) in [7, 11) is 0. The molecule has 4 rings (SSSR count). The van der Waals surface area contributed by atoms with Crippen molar-refractivity contribution in [1.29, 1.82) is 0 Å². The average molecular weight is 435 g/mol. The van der Waals surface area contributed by atoms with Crippen LogP contribution in [0.25, 0.3) is 5.69 Å². The van der Waals surface area contributed by atoms with Crippen molar-refractivity contribution in [2.24, 2.45) is 5.92 Å². The number of aryl methyl sites for hydroxylation is 1. The molecular formula is C22H21N5O5. The second kappa shape index (κ2) is 9.06. The SMILES string of the molecule is O=C(O)[C@H](CCN1C(=O)c2ccccc2C1=O)[C@H](O)CCc1ccc(-n2cnnn2)cc1. The third kappa shape index (κ3) is 4.26. The molecule has 0 unspecified atom stereocenters. The van der Waals surface area contributed by atoms with E-state index in [1.807, 2.05) is 24.3 Å². The number of carbonyl (C=O) groups is 3. The average Bonchev–Trinajstić information content (AvgIpc) is 3.42. The molecule has 0 aliphatic carbocycles. The van der Waals surface area contributed by atoms with E-state index in [-0.39, 0.29) is 19.4 Å². The van der Waals surface area contributed by atoms with E-state index in [0.29, 0.717) is 17.5 Å². The van der Waals surface area contributed by atoms with Crippen LogP contribution in [0, 0.1) is 5.92 Å². The van der Waals surface area contributed by atoms with Crippen molar-refractivity contribution in [2.75, 3.05) is 6.54 Å². The number of benzene rings is 2. The van der Waals surface area contributed by atoms with Crippen molar-refractivity contribution in [3.8, 4) is 5.69 Å². The predicted octanol–water partition coefficient (Wildman–Crippen LogP) is 1.34. The Hall–Kier alpha value is -3.92. The first kappa shape index (κ1) is 21.3. The summed E-state index contributed by atoms with van der Waals surface area (Å²) in [4.78, 5) is 37.7. The van der Waals surface area contributed by atoms with Crippen LogP contribution in [0.3, 0.4) is 0 Å². The molecule has 32 heavy (non-hydrogen) atoms. The summed E-state index contributed by atoms with van der Waals surface area (Å²) in [6, 6.07) is 13.9. The summed E-state index contributed by atoms with van der Waals surface area (Å²) in [5, 5.41) is 31.1. The smallest absolute Gasteiger partial charge is 0.309 e. The number of carboxylic acid groups (broad SMARTS) is 1. The molecule has 10 nitrogen and oxygen atoms in total. The van der Waals surface area contributed by atoms with Gasteiger partial charge in [0.25, 0.3) is 11.8 Å². The van der Waals surface area contributed by atoms with Gasteiger partial charge in [-0.2, -0.15) is 0 Å². The molecule has 0 fully saturated rings. The van der Waals surface area contributed by atoms with E-state index in [1.54, 1.807) is 24.3 Å². The molecule has 2 aromatic carbocycles. The van der Waals surface area contributed by atoms with Gasteiger partial charge in [-0.05, 0) is 59.5 Å². The van der Waals surface area contributed by atoms with Gasteiger partial charge in [-0.25, -0.2) is 4.68 Å². The maximum absolute atomic E-state index is 12.5. The van der Waals surface area contributed by atoms with Crippen molar-refractivity contribution in [3.63, 3.8) is 0 Å². The molecule has 2 amide bonds. The normalized spacial score (nSPS) is 15.0. The molecule has 0 saturated heterocycles. The monoisotopic (exact) mass is 435 g/mol. The molecule has 0 saturated carbocycles. The number of aliphatic hydroxyl groups excluding tert-OH is 1. The molecule has 164 valence electrons. The molecule has 2 N–H and O–H groups in total. The number of tetrazole rings is 1. The lowest BCUT2D eigenvalue weighted by Gasteiger charge is -2.22. The summed E-state index contributed by atoms with van der Waals surface area (Å²) in [6.07, 6.45) is 1.02. The first-order chi connectivity index (χ1) is 15.5. The standard InChI is InChI=1S/C22H21N5O5/c28-19(10-7-14-5-8-15(9-6-14)27-13-23-24-25-27)18(22(31)32)11-12-26-20(29)16-3-1-2-4-17(16)21(26)30/h1-6,8-9,13,18-19,28H,7,10-12H2,(H,31,32)/t18-,19-/m1/s1. The quantitative estimate of drug-likeness (QED) is 0.480. The Bertz CT molecular complexity index is 1090. The summed E-state index contributed by atoms with van der Waals surface area (Å²) >= 11 is 0. The van der Waals surface area contributed by atoms with Gasteiger partial charge < -0.3 is 10.2 Å². The van der Waals surface area contributed by atoms with Gasteiger partial charge in [0.2, 0.25) is 0 Å². The maximum atomic E-state index is 12.5. The summed E-state index contributed by atoms with van der Waals surface area (Å²) < 4.78 is 1.51. The fraction of sp³-hybridized carbons (Fsp3) is 0.273. The molecule has 10 heteroatoms. The number of carboxylic acids is 1. The van der Waals surface area contributed by atoms with Gasteiger partial charge in [-0.15, -0.1) is 5.10 Å². The van der Waals surface area contributed by atoms with Crippen LogP contribution < -0.4 is 0 Å². The number of nitrogens with zero attached hydrogens (tertiary/aromatic N) is 5. The van der Waals surface area contributed by atoms with E-state index >= 15 is 0 Å². The molecule has 2 heterocycles. The first-order valence-corrected chi connectivity index (χ1v) is 10.1. The summed E-state index contributed by atoms with van der Waals surface area (Å²) in [5.41, 5.74) is 2.33. The third-order valence-electron chi connectivity index (χ3n) is 5.60. The van der Waals surface area contributed by atoms with Gasteiger partial charge >= 0.3 is 5.97 Å². The van der Waals surface area contributed by atoms with Crippen molar-refractivity contribution >= 4 is 17.8 Å². The minimum absolute atomic E-state index is 0.0276. The van der Waals surface area contributed by atoms with Crippen LogP contribution in [-0.4, -0.2) is 65.8 Å². The zero-order chi connectivity index (χ0) is 22.7. The number of carbonyl (C=O) groups excluding carboxylic acids is 2. The predicted molar refractivity (Wildman–Crippen MR) is 111 cm³/mol. The fourth-order valence-electron chi connectivity index (χ4n) is 3.80. The van der Waals surface area contributed by atoms with Crippen LogP contribution >= 0.6 is 0 Å². The Morgan fingerprint density at radius 1 is 0.969 bits per heavy atom. The van der Waals surface area contributed by atoms with Gasteiger partial charge in [0.1, 0.15) is 6.33 Å². The van der Waals surface area contributed by atoms with Gasteiger partial charge in [-0.1, -0.05) is 24.3 Å². The van der Waals surface area contributed by atoms with E-state index in [2.05, 4.69) is 15.5 Å². The number of rotatable bonds is 9. The maximum Gasteiger partial charge on any atom is 0.309 e. The van der Waals surface area contributed by atoms with E-state index < -0.39 is 29.8 Å². The number of hydrogen-bond donors (Lipinski definition) is 2. The van der Waals surface area contributed by atoms with Crippen LogP contribution in [0.4, 0.5) is 0 Å². The highest BCUT2D eigenvalue weighted by Crippen LogP contribution is 2.24. The Kier molecular flexibility index (Phi) is 6.04. The Balaban J connectivity index is 1.34. The summed E-state index contributed by atoms with van der Waals surface area (Å²) in [6.45, 7) is -0.0684. The number of aromatic nitrogens is 4. The zero-order valence-electron chi connectivity index (χ0n) is 17.0. The van der Waals surface area contributed by atoms with Crippen molar-refractivity contribution < 1.29 is 24.6 Å². The largest absolute Gasteiger partial charge is 0.481 e. The van der Waals surface area contributed by atoms with E-state index in [4.69, 9.17) is 0 Å². The number of fused-ring (bicyclic) bond motifs is 1. The van der Waals surface area contributed by atoms with E-state index in [1.165, 1.54) is 11.0 Å². The van der Waals surface area contributed by atoms with Gasteiger partial charge in [0.05, 0.1) is 28.8 Å². The second-order valence-electron chi connectivity index (χ2n) is 7.57. The zero-order valence-corrected chi connectivity index (χ0v) is 17.0. The van der Waals surface area contributed by atoms with Crippen LogP contribution in [0.5, 0.6) is 0 Å². The third-order valence-corrected chi connectivity index (χ3v) is 5.60. The fourth-order valence-corrected chi connectivity index (χ4v) is 3.80. The molecule has 2 atom stereocenters. The first-order valence-electron chi connectivity index (χ1n) is 10.1. The van der Waals surface area contributed by atoms with Gasteiger partial charge in [-0.3, -0.25) is 19.3 Å². The van der Waals surface area contributed by atoms with Gasteiger partial charge in [0, 0.05) is 6.54 Å². The minimum Gasteiger partial charge on any atom is -0.481 e. The molecule has 0 radical (unpaired) electrons. The molecule has 3 aromatic rings. The molecule has 1 aliphatic rings. The highest BCUT2D eigenvalue weighted by molar-refractivity contribution is 6.21. The lowest BCUT2D eigenvalue weighted by molar-refractivity contribution is -0.146. The second-order valence-corrected chi connectivity index (χ2v) is 7.57. The number of imide groups is 1. The van der Waals surface area contributed by atoms with Crippen molar-refractivity contribution in [2.45, 2.75) is 25.4 Å². The number of aliphatic carboxylic acids is 1. The van der Waals surface area contributed by atoms with Crippen LogP contribution in [0.1, 0.15) is 39.1 Å². The Labute approximate surface area is 183 Å². The Morgan fingerprint density at radius 2 is 1.62 bits per heavy atom. The van der Waals surface area contributed by atoms with Crippen LogP contribution in [0.15, 0.2) is 54.9 Å². The lowest BCUT2D eigenvalue weighted by Crippen LogP contribution is -2.36. The number of hydrogen-bond acceptors (Lipinski definition) is 7. The number of aliphatic hydroxyl groups is 1. The molecule has 1 aromatic heterocycles. The highest BCUT2D eigenvalue weighted by Gasteiger charge is 2.36. The number of amides is 2. The van der Waals surface area contributed by atoms with Crippen LogP contribution in [0.2, 0.25) is 0 Å². The van der Waals surface area contributed by atoms with Crippen molar-refractivity contribution in [1.82, 2.24) is 25.1 Å². The Morgan fingerprint density at radius 3 is 2.19 bits per heavy atom. The summed E-state index contributed by atoms with van der Waals surface area (Å²) in [5.74, 6) is -3.14. The lowest BCUT2D eigenvalue weighted by atomic mass is 9.93. The topological polar surface area (TPSA) is 139 Å². The van der Waals surface area contributed by atoms with E-state index in [9.17, 15) is 24.6 Å².